The lowest BCUT2D eigenvalue weighted by Gasteiger charge is -2.27. The second-order valence-corrected chi connectivity index (χ2v) is 7.23. The van der Waals surface area contributed by atoms with Crippen molar-refractivity contribution in [2.75, 3.05) is 4.90 Å². The van der Waals surface area contributed by atoms with E-state index in [4.69, 9.17) is 0 Å². The molecule has 4 heteroatoms. The molecule has 0 aliphatic rings. The summed E-state index contributed by atoms with van der Waals surface area (Å²) >= 11 is 1.43. The zero-order valence-electron chi connectivity index (χ0n) is 15.1. The van der Waals surface area contributed by atoms with Crippen molar-refractivity contribution in [3.8, 4) is 11.1 Å². The lowest BCUT2D eigenvalue weighted by Crippen LogP contribution is -2.10. The molecular formula is C24H17N3S. The average molecular weight is 379 g/mol. The van der Waals surface area contributed by atoms with Crippen LogP contribution in [0.25, 0.3) is 21.3 Å². The first kappa shape index (κ1) is 16.7. The van der Waals surface area contributed by atoms with Crippen LogP contribution >= 0.6 is 11.5 Å². The minimum atomic E-state index is 0.945. The monoisotopic (exact) mass is 379 g/mol. The van der Waals surface area contributed by atoms with Crippen molar-refractivity contribution in [1.82, 2.24) is 9.59 Å². The van der Waals surface area contributed by atoms with Crippen LogP contribution in [0.3, 0.4) is 0 Å². The molecular weight excluding hydrogens is 362 g/mol. The van der Waals surface area contributed by atoms with E-state index in [1.807, 2.05) is 12.1 Å². The lowest BCUT2D eigenvalue weighted by molar-refractivity contribution is 1.20. The van der Waals surface area contributed by atoms with Crippen molar-refractivity contribution in [2.24, 2.45) is 0 Å². The van der Waals surface area contributed by atoms with Gasteiger partial charge in [-0.1, -0.05) is 71.2 Å². The third-order valence-electron chi connectivity index (χ3n) is 4.74. The van der Waals surface area contributed by atoms with Gasteiger partial charge < -0.3 is 4.90 Å². The number of anilines is 3. The van der Waals surface area contributed by atoms with Gasteiger partial charge in [0, 0.05) is 22.5 Å². The molecule has 5 aromatic rings. The molecule has 1 heterocycles. The Kier molecular flexibility index (Phi) is 4.31. The minimum absolute atomic E-state index is 0.945. The molecule has 0 aliphatic carbocycles. The Morgan fingerprint density at radius 1 is 0.571 bits per heavy atom. The SMILES string of the molecule is c1ccc(N(c2ccccc2)c2ccccc2-c2cccc3snnc23)cc1. The topological polar surface area (TPSA) is 29.0 Å². The van der Waals surface area contributed by atoms with E-state index in [0.717, 1.165) is 38.4 Å². The van der Waals surface area contributed by atoms with E-state index in [-0.39, 0.29) is 0 Å². The van der Waals surface area contributed by atoms with E-state index < -0.39 is 0 Å². The molecule has 3 nitrogen and oxygen atoms in total. The Bertz CT molecular complexity index is 1180. The number of rotatable bonds is 4. The van der Waals surface area contributed by atoms with Crippen molar-refractivity contribution in [3.05, 3.63) is 103 Å². The Morgan fingerprint density at radius 3 is 1.89 bits per heavy atom. The van der Waals surface area contributed by atoms with Crippen LogP contribution in [0.4, 0.5) is 17.1 Å². The summed E-state index contributed by atoms with van der Waals surface area (Å²) in [6, 6.07) is 35.6. The molecule has 0 radical (unpaired) electrons. The number of benzene rings is 4. The molecule has 4 aromatic carbocycles. The van der Waals surface area contributed by atoms with Gasteiger partial charge in [-0.05, 0) is 47.9 Å². The maximum Gasteiger partial charge on any atom is 0.113 e. The van der Waals surface area contributed by atoms with Crippen molar-refractivity contribution in [1.29, 1.82) is 0 Å². The Hall–Kier alpha value is -3.50. The van der Waals surface area contributed by atoms with Crippen LogP contribution in [0, 0.1) is 0 Å². The molecule has 0 unspecified atom stereocenters. The van der Waals surface area contributed by atoms with Gasteiger partial charge >= 0.3 is 0 Å². The fourth-order valence-corrected chi connectivity index (χ4v) is 4.09. The molecule has 0 bridgehead atoms. The minimum Gasteiger partial charge on any atom is -0.310 e. The number of para-hydroxylation sites is 3. The van der Waals surface area contributed by atoms with Gasteiger partial charge in [-0.25, -0.2) is 0 Å². The standard InChI is InChI=1S/C24H17N3S/c1-3-10-18(11-4-1)27(19-12-5-2-6-13-19)22-16-8-7-14-20(22)21-15-9-17-23-24(21)25-26-28-23/h1-17H. The number of hydrogen-bond donors (Lipinski definition) is 0. The van der Waals surface area contributed by atoms with Gasteiger partial charge in [0.25, 0.3) is 0 Å². The van der Waals surface area contributed by atoms with Gasteiger partial charge in [-0.3, -0.25) is 0 Å². The van der Waals surface area contributed by atoms with Crippen LogP contribution in [-0.2, 0) is 0 Å². The highest BCUT2D eigenvalue weighted by Gasteiger charge is 2.18. The predicted molar refractivity (Wildman–Crippen MR) is 118 cm³/mol. The van der Waals surface area contributed by atoms with Crippen molar-refractivity contribution >= 4 is 38.8 Å². The molecule has 0 aliphatic heterocycles. The average Bonchev–Trinajstić information content (AvgIpc) is 3.25. The van der Waals surface area contributed by atoms with Crippen LogP contribution < -0.4 is 4.90 Å². The summed E-state index contributed by atoms with van der Waals surface area (Å²) in [6.07, 6.45) is 0. The summed E-state index contributed by atoms with van der Waals surface area (Å²) in [5, 5.41) is 4.39. The largest absolute Gasteiger partial charge is 0.310 e. The summed E-state index contributed by atoms with van der Waals surface area (Å²) < 4.78 is 5.25. The Morgan fingerprint density at radius 2 is 1.18 bits per heavy atom. The third-order valence-corrected chi connectivity index (χ3v) is 5.43. The van der Waals surface area contributed by atoms with E-state index in [9.17, 15) is 0 Å². The lowest BCUT2D eigenvalue weighted by atomic mass is 10.0. The summed E-state index contributed by atoms with van der Waals surface area (Å²) in [5.74, 6) is 0. The van der Waals surface area contributed by atoms with Gasteiger partial charge in [0.2, 0.25) is 0 Å². The summed E-state index contributed by atoms with van der Waals surface area (Å²) in [7, 11) is 0. The zero-order chi connectivity index (χ0) is 18.8. The maximum atomic E-state index is 4.39. The van der Waals surface area contributed by atoms with E-state index in [1.165, 1.54) is 11.5 Å². The molecule has 0 fully saturated rings. The summed E-state index contributed by atoms with van der Waals surface area (Å²) in [5.41, 5.74) is 6.52. The Balaban J connectivity index is 1.77. The number of fused-ring (bicyclic) bond motifs is 1. The fraction of sp³-hybridized carbons (Fsp3) is 0. The van der Waals surface area contributed by atoms with E-state index in [2.05, 4.69) is 105 Å². The van der Waals surface area contributed by atoms with E-state index >= 15 is 0 Å². The normalized spacial score (nSPS) is 10.9. The molecule has 0 spiro atoms. The predicted octanol–water partition coefficient (Wildman–Crippen LogP) is 6.83. The molecule has 134 valence electrons. The van der Waals surface area contributed by atoms with Crippen LogP contribution in [0.1, 0.15) is 0 Å². The summed E-state index contributed by atoms with van der Waals surface area (Å²) in [4.78, 5) is 2.29. The molecule has 0 saturated heterocycles. The molecule has 0 amide bonds. The maximum absolute atomic E-state index is 4.39. The zero-order valence-corrected chi connectivity index (χ0v) is 15.9. The van der Waals surface area contributed by atoms with Crippen molar-refractivity contribution in [3.63, 3.8) is 0 Å². The van der Waals surface area contributed by atoms with E-state index in [0.29, 0.717) is 0 Å². The number of nitrogens with zero attached hydrogens (tertiary/aromatic N) is 3. The first-order valence-electron chi connectivity index (χ1n) is 9.12. The van der Waals surface area contributed by atoms with Crippen molar-refractivity contribution < 1.29 is 0 Å². The highest BCUT2D eigenvalue weighted by Crippen LogP contribution is 2.42. The second-order valence-electron chi connectivity index (χ2n) is 6.45. The molecule has 28 heavy (non-hydrogen) atoms. The van der Waals surface area contributed by atoms with E-state index in [1.54, 1.807) is 0 Å². The molecule has 1 aromatic heterocycles. The van der Waals surface area contributed by atoms with Gasteiger partial charge in [-0.15, -0.1) is 5.10 Å². The van der Waals surface area contributed by atoms with Gasteiger partial charge in [0.05, 0.1) is 10.4 Å². The van der Waals surface area contributed by atoms with Crippen LogP contribution in [-0.4, -0.2) is 9.59 Å². The third kappa shape index (κ3) is 2.94. The van der Waals surface area contributed by atoms with Crippen LogP contribution in [0.2, 0.25) is 0 Å². The van der Waals surface area contributed by atoms with Crippen LogP contribution in [0.15, 0.2) is 103 Å². The Labute approximate surface area is 167 Å². The molecule has 0 atom stereocenters. The highest BCUT2D eigenvalue weighted by atomic mass is 32.1. The smallest absolute Gasteiger partial charge is 0.113 e. The second kappa shape index (κ2) is 7.25. The molecule has 5 rings (SSSR count). The first-order chi connectivity index (χ1) is 13.9. The fourth-order valence-electron chi connectivity index (χ4n) is 3.50. The number of aromatic nitrogens is 2. The van der Waals surface area contributed by atoms with Crippen molar-refractivity contribution in [2.45, 2.75) is 0 Å². The molecule has 0 saturated carbocycles. The van der Waals surface area contributed by atoms with Gasteiger partial charge in [0.1, 0.15) is 5.52 Å². The van der Waals surface area contributed by atoms with Crippen LogP contribution in [0.5, 0.6) is 0 Å². The van der Waals surface area contributed by atoms with Gasteiger partial charge in [0.15, 0.2) is 0 Å². The number of hydrogen-bond acceptors (Lipinski definition) is 4. The first-order valence-corrected chi connectivity index (χ1v) is 9.90. The summed E-state index contributed by atoms with van der Waals surface area (Å²) in [6.45, 7) is 0. The highest BCUT2D eigenvalue weighted by molar-refractivity contribution is 7.13. The quantitative estimate of drug-likeness (QED) is 0.343. The molecule has 0 N–H and O–H groups in total. The van der Waals surface area contributed by atoms with Gasteiger partial charge in [-0.2, -0.15) is 0 Å².